The predicted molar refractivity (Wildman–Crippen MR) is 73.2 cm³/mol. The monoisotopic (exact) mass is 296 g/mol. The van der Waals surface area contributed by atoms with Crippen LogP contribution in [0.5, 0.6) is 0 Å². The first-order valence-corrected chi connectivity index (χ1v) is 6.49. The van der Waals surface area contributed by atoms with Crippen LogP contribution in [0.2, 0.25) is 5.15 Å². The van der Waals surface area contributed by atoms with Gasteiger partial charge < -0.3 is 10.4 Å². The molecule has 0 spiro atoms. The predicted octanol–water partition coefficient (Wildman–Crippen LogP) is 3.06. The Morgan fingerprint density at radius 3 is 2.84 bits per heavy atom. The number of pyridine rings is 1. The second-order valence-electron chi connectivity index (χ2n) is 3.72. The Hall–Kier alpha value is -1.92. The van der Waals surface area contributed by atoms with E-state index in [1.165, 1.54) is 12.3 Å². The largest absolute Gasteiger partial charge is 0.477 e. The lowest BCUT2D eigenvalue weighted by molar-refractivity contribution is 0.0703. The zero-order chi connectivity index (χ0) is 14.0. The third-order valence-electron chi connectivity index (χ3n) is 2.41. The quantitative estimate of drug-likeness (QED) is 0.853. The fourth-order valence-corrected chi connectivity index (χ4v) is 2.54. The van der Waals surface area contributed by atoms with E-state index in [1.54, 1.807) is 18.4 Å². The Bertz CT molecular complexity index is 654. The summed E-state index contributed by atoms with van der Waals surface area (Å²) in [6, 6.07) is 3.10. The second-order valence-corrected chi connectivity index (χ2v) is 4.96. The van der Waals surface area contributed by atoms with Crippen LogP contribution in [0.15, 0.2) is 23.7 Å². The van der Waals surface area contributed by atoms with Crippen LogP contribution < -0.4 is 5.32 Å². The summed E-state index contributed by atoms with van der Waals surface area (Å²) in [5.41, 5.74) is 1.18. The molecule has 0 saturated carbocycles. The zero-order valence-electron chi connectivity index (χ0n) is 9.81. The fraction of sp³-hybridized carbons (Fsp3) is 0.0833. The minimum absolute atomic E-state index is 0.0738. The van der Waals surface area contributed by atoms with Crippen molar-refractivity contribution >= 4 is 40.5 Å². The molecule has 19 heavy (non-hydrogen) atoms. The molecule has 2 aromatic heterocycles. The van der Waals surface area contributed by atoms with Crippen LogP contribution in [0, 0.1) is 6.92 Å². The number of thiophene rings is 1. The maximum Gasteiger partial charge on any atom is 0.348 e. The number of aromatic nitrogens is 1. The Kier molecular flexibility index (Phi) is 3.82. The summed E-state index contributed by atoms with van der Waals surface area (Å²) < 4.78 is 0. The summed E-state index contributed by atoms with van der Waals surface area (Å²) in [6.45, 7) is 1.73. The van der Waals surface area contributed by atoms with Crippen molar-refractivity contribution in [1.29, 1.82) is 0 Å². The van der Waals surface area contributed by atoms with Gasteiger partial charge in [0.05, 0.1) is 11.3 Å². The Morgan fingerprint density at radius 2 is 2.21 bits per heavy atom. The van der Waals surface area contributed by atoms with Crippen molar-refractivity contribution in [2.45, 2.75) is 6.92 Å². The molecule has 0 bridgehead atoms. The molecule has 0 unspecified atom stereocenters. The Balaban J connectivity index is 2.32. The number of aryl methyl sites for hydroxylation is 1. The third-order valence-corrected chi connectivity index (χ3v) is 3.80. The lowest BCUT2D eigenvalue weighted by Gasteiger charge is -2.07. The molecule has 0 saturated heterocycles. The van der Waals surface area contributed by atoms with E-state index in [4.69, 9.17) is 16.7 Å². The highest BCUT2D eigenvalue weighted by atomic mass is 35.5. The number of hydrogen-bond acceptors (Lipinski definition) is 4. The van der Waals surface area contributed by atoms with Crippen LogP contribution in [0.3, 0.4) is 0 Å². The van der Waals surface area contributed by atoms with Crippen molar-refractivity contribution in [3.8, 4) is 0 Å². The van der Waals surface area contributed by atoms with Gasteiger partial charge in [0.15, 0.2) is 0 Å². The van der Waals surface area contributed by atoms with E-state index in [9.17, 15) is 9.59 Å². The normalized spacial score (nSPS) is 10.2. The molecule has 7 heteroatoms. The lowest BCUT2D eigenvalue weighted by atomic mass is 10.2. The van der Waals surface area contributed by atoms with Gasteiger partial charge in [0.1, 0.15) is 10.0 Å². The van der Waals surface area contributed by atoms with Crippen molar-refractivity contribution in [2.75, 3.05) is 5.32 Å². The van der Waals surface area contributed by atoms with Crippen LogP contribution >= 0.6 is 22.9 Å². The van der Waals surface area contributed by atoms with Crippen molar-refractivity contribution in [1.82, 2.24) is 4.98 Å². The van der Waals surface area contributed by atoms with Crippen molar-refractivity contribution < 1.29 is 14.7 Å². The average molecular weight is 297 g/mol. The molecule has 0 atom stereocenters. The molecular formula is C12H9ClN2O3S. The van der Waals surface area contributed by atoms with Gasteiger partial charge in [-0.15, -0.1) is 11.3 Å². The van der Waals surface area contributed by atoms with Gasteiger partial charge in [0.2, 0.25) is 0 Å². The van der Waals surface area contributed by atoms with E-state index in [0.29, 0.717) is 11.3 Å². The van der Waals surface area contributed by atoms with Crippen molar-refractivity contribution in [3.05, 3.63) is 44.9 Å². The van der Waals surface area contributed by atoms with Gasteiger partial charge in [-0.2, -0.15) is 0 Å². The molecule has 0 aliphatic rings. The maximum absolute atomic E-state index is 12.0. The van der Waals surface area contributed by atoms with Gasteiger partial charge in [-0.3, -0.25) is 4.79 Å². The van der Waals surface area contributed by atoms with E-state index in [0.717, 1.165) is 11.3 Å². The number of carbonyl (C=O) groups is 2. The first-order valence-electron chi connectivity index (χ1n) is 5.24. The number of carboxylic acids is 1. The third kappa shape index (κ3) is 2.74. The van der Waals surface area contributed by atoms with Crippen LogP contribution in [0.4, 0.5) is 5.69 Å². The van der Waals surface area contributed by atoms with E-state index in [1.807, 2.05) is 0 Å². The van der Waals surface area contributed by atoms with Crippen LogP contribution in [-0.2, 0) is 0 Å². The number of nitrogens with zero attached hydrogens (tertiary/aromatic N) is 1. The van der Waals surface area contributed by atoms with Crippen LogP contribution in [0.25, 0.3) is 0 Å². The number of rotatable bonds is 3. The Labute approximate surface area is 117 Å². The van der Waals surface area contributed by atoms with Gasteiger partial charge in [0.25, 0.3) is 5.91 Å². The minimum Gasteiger partial charge on any atom is -0.477 e. The molecule has 2 rings (SSSR count). The highest BCUT2D eigenvalue weighted by molar-refractivity contribution is 7.12. The maximum atomic E-state index is 12.0. The molecule has 1 amide bonds. The lowest BCUT2D eigenvalue weighted by Crippen LogP contribution is -2.15. The first kappa shape index (κ1) is 13.5. The molecule has 2 N–H and O–H groups in total. The Morgan fingerprint density at radius 1 is 1.47 bits per heavy atom. The summed E-state index contributed by atoms with van der Waals surface area (Å²) in [6.07, 6.45) is 1.47. The number of hydrogen-bond donors (Lipinski definition) is 2. The molecule has 0 aliphatic heterocycles. The topological polar surface area (TPSA) is 79.3 Å². The molecule has 0 radical (unpaired) electrons. The molecule has 98 valence electrons. The number of amides is 1. The van der Waals surface area contributed by atoms with E-state index in [2.05, 4.69) is 10.3 Å². The number of halogens is 1. The van der Waals surface area contributed by atoms with E-state index < -0.39 is 11.9 Å². The summed E-state index contributed by atoms with van der Waals surface area (Å²) in [4.78, 5) is 27.0. The summed E-state index contributed by atoms with van der Waals surface area (Å²) in [5, 5.41) is 13.3. The van der Waals surface area contributed by atoms with Crippen molar-refractivity contribution in [3.63, 3.8) is 0 Å². The SMILES string of the molecule is Cc1csc(C(=O)O)c1NC(=O)c1cccnc1Cl. The number of carboxylic acid groups (broad SMARTS) is 1. The smallest absolute Gasteiger partial charge is 0.348 e. The van der Waals surface area contributed by atoms with Crippen molar-refractivity contribution in [2.24, 2.45) is 0 Å². The molecule has 2 aromatic rings. The van der Waals surface area contributed by atoms with Crippen LogP contribution in [0.1, 0.15) is 25.6 Å². The molecule has 0 fully saturated rings. The fourth-order valence-electron chi connectivity index (χ4n) is 1.49. The number of carbonyl (C=O) groups excluding carboxylic acids is 1. The summed E-state index contributed by atoms with van der Waals surface area (Å²) in [5.74, 6) is -1.56. The summed E-state index contributed by atoms with van der Waals surface area (Å²) >= 11 is 6.88. The molecular weight excluding hydrogens is 288 g/mol. The zero-order valence-corrected chi connectivity index (χ0v) is 11.4. The first-order chi connectivity index (χ1) is 9.00. The number of anilines is 1. The minimum atomic E-state index is -1.08. The van der Waals surface area contributed by atoms with Gasteiger partial charge in [-0.1, -0.05) is 11.6 Å². The number of nitrogens with one attached hydrogen (secondary N) is 1. The van der Waals surface area contributed by atoms with Gasteiger partial charge in [-0.25, -0.2) is 9.78 Å². The van der Waals surface area contributed by atoms with Gasteiger partial charge >= 0.3 is 5.97 Å². The van der Waals surface area contributed by atoms with E-state index in [-0.39, 0.29) is 15.6 Å². The van der Waals surface area contributed by atoms with Crippen LogP contribution in [-0.4, -0.2) is 22.0 Å². The molecule has 2 heterocycles. The summed E-state index contributed by atoms with van der Waals surface area (Å²) in [7, 11) is 0. The molecule has 5 nitrogen and oxygen atoms in total. The average Bonchev–Trinajstić information content (AvgIpc) is 2.71. The highest BCUT2D eigenvalue weighted by Crippen LogP contribution is 2.28. The standard InChI is InChI=1S/C12H9ClN2O3S/c1-6-5-19-9(12(17)18)8(6)15-11(16)7-3-2-4-14-10(7)13/h2-5H,1H3,(H,15,16)(H,17,18). The number of aromatic carboxylic acids is 1. The molecule has 0 aromatic carbocycles. The highest BCUT2D eigenvalue weighted by Gasteiger charge is 2.19. The van der Waals surface area contributed by atoms with Gasteiger partial charge in [-0.05, 0) is 30.0 Å². The second kappa shape index (κ2) is 5.38. The van der Waals surface area contributed by atoms with Gasteiger partial charge in [0, 0.05) is 6.20 Å². The van der Waals surface area contributed by atoms with E-state index >= 15 is 0 Å². The molecule has 0 aliphatic carbocycles.